The van der Waals surface area contributed by atoms with Crippen LogP contribution in [0.4, 0.5) is 0 Å². The summed E-state index contributed by atoms with van der Waals surface area (Å²) in [7, 11) is 0. The van der Waals surface area contributed by atoms with Crippen molar-refractivity contribution in [3.63, 3.8) is 0 Å². The van der Waals surface area contributed by atoms with Gasteiger partial charge in [0.2, 0.25) is 0 Å². The predicted molar refractivity (Wildman–Crippen MR) is 129 cm³/mol. The molecule has 0 radical (unpaired) electrons. The number of imidazole rings is 1. The normalized spacial score (nSPS) is 11.1. The Morgan fingerprint density at radius 3 is 2.48 bits per heavy atom. The van der Waals surface area contributed by atoms with Crippen LogP contribution in [0.15, 0.2) is 89.3 Å². The van der Waals surface area contributed by atoms with Gasteiger partial charge in [-0.05, 0) is 55.0 Å². The highest BCUT2D eigenvalue weighted by Crippen LogP contribution is 2.32. The van der Waals surface area contributed by atoms with Crippen molar-refractivity contribution in [1.29, 1.82) is 0 Å². The Morgan fingerprint density at radius 2 is 1.73 bits per heavy atom. The first-order valence-electron chi connectivity index (χ1n) is 10.7. The van der Waals surface area contributed by atoms with E-state index in [1.165, 1.54) is 0 Å². The van der Waals surface area contributed by atoms with Crippen molar-refractivity contribution < 1.29 is 13.9 Å². The Hall–Kier alpha value is -3.83. The van der Waals surface area contributed by atoms with E-state index < -0.39 is 0 Å². The number of rotatable bonds is 6. The minimum atomic E-state index is -0.336. The third-order valence-electron chi connectivity index (χ3n) is 5.40. The van der Waals surface area contributed by atoms with Crippen molar-refractivity contribution in [1.82, 2.24) is 9.55 Å². The minimum Gasteiger partial charge on any atom is -0.462 e. The van der Waals surface area contributed by atoms with Crippen LogP contribution in [0.3, 0.4) is 0 Å². The van der Waals surface area contributed by atoms with E-state index in [1.54, 1.807) is 19.1 Å². The molecular weight excluding hydrogens is 436 g/mol. The van der Waals surface area contributed by atoms with E-state index in [1.807, 2.05) is 60.7 Å². The van der Waals surface area contributed by atoms with Crippen molar-refractivity contribution in [2.75, 3.05) is 6.61 Å². The Bertz CT molecular complexity index is 1420. The molecule has 0 aliphatic heterocycles. The van der Waals surface area contributed by atoms with Crippen LogP contribution in [0, 0.1) is 0 Å². The molecule has 0 aliphatic rings. The van der Waals surface area contributed by atoms with Gasteiger partial charge in [0.1, 0.15) is 5.76 Å². The molecule has 6 heteroatoms. The van der Waals surface area contributed by atoms with Crippen molar-refractivity contribution in [2.24, 2.45) is 0 Å². The minimum absolute atomic E-state index is 0.336. The average molecular weight is 457 g/mol. The second-order valence-electron chi connectivity index (χ2n) is 7.60. The van der Waals surface area contributed by atoms with Crippen molar-refractivity contribution in [2.45, 2.75) is 13.5 Å². The summed E-state index contributed by atoms with van der Waals surface area (Å²) in [4.78, 5) is 16.7. The topological polar surface area (TPSA) is 57.3 Å². The van der Waals surface area contributed by atoms with Gasteiger partial charge in [0.05, 0.1) is 23.2 Å². The number of benzene rings is 3. The van der Waals surface area contributed by atoms with E-state index in [4.69, 9.17) is 25.7 Å². The van der Waals surface area contributed by atoms with Gasteiger partial charge in [-0.1, -0.05) is 54.1 Å². The third-order valence-corrected chi connectivity index (χ3v) is 5.64. The molecule has 0 bridgehead atoms. The Labute approximate surface area is 196 Å². The Morgan fingerprint density at radius 1 is 0.970 bits per heavy atom. The predicted octanol–water partition coefficient (Wildman–Crippen LogP) is 6.84. The smallest absolute Gasteiger partial charge is 0.338 e. The van der Waals surface area contributed by atoms with E-state index >= 15 is 0 Å². The monoisotopic (exact) mass is 456 g/mol. The van der Waals surface area contributed by atoms with Gasteiger partial charge in [-0.15, -0.1) is 0 Å². The van der Waals surface area contributed by atoms with Crippen LogP contribution in [0.25, 0.3) is 33.9 Å². The summed E-state index contributed by atoms with van der Waals surface area (Å²) in [6.07, 6.45) is 0. The number of aromatic nitrogens is 2. The first-order chi connectivity index (χ1) is 16.1. The fourth-order valence-corrected chi connectivity index (χ4v) is 3.98. The summed E-state index contributed by atoms with van der Waals surface area (Å²) in [6, 6.07) is 26.9. The van der Waals surface area contributed by atoms with Gasteiger partial charge < -0.3 is 13.7 Å². The lowest BCUT2D eigenvalue weighted by Gasteiger charge is -2.08. The maximum Gasteiger partial charge on any atom is 0.338 e. The van der Waals surface area contributed by atoms with Gasteiger partial charge in [0.15, 0.2) is 11.6 Å². The molecule has 0 spiro atoms. The summed E-state index contributed by atoms with van der Waals surface area (Å²) in [5.41, 5.74) is 4.33. The molecule has 0 saturated heterocycles. The zero-order valence-corrected chi connectivity index (χ0v) is 18.8. The average Bonchev–Trinajstić information content (AvgIpc) is 3.45. The summed E-state index contributed by atoms with van der Waals surface area (Å²) in [5, 5.41) is 0.639. The summed E-state index contributed by atoms with van der Waals surface area (Å²) in [5.74, 6) is 1.74. The molecule has 5 nitrogen and oxygen atoms in total. The zero-order valence-electron chi connectivity index (χ0n) is 18.0. The van der Waals surface area contributed by atoms with Crippen LogP contribution in [0.2, 0.25) is 5.02 Å². The lowest BCUT2D eigenvalue weighted by molar-refractivity contribution is 0.0526. The van der Waals surface area contributed by atoms with Crippen LogP contribution in [0.1, 0.15) is 22.8 Å². The molecule has 2 aromatic heterocycles. The Balaban J connectivity index is 1.52. The highest BCUT2D eigenvalue weighted by Gasteiger charge is 2.17. The fraction of sp³-hybridized carbons (Fsp3) is 0.111. The maximum absolute atomic E-state index is 11.9. The first-order valence-corrected chi connectivity index (χ1v) is 11.1. The van der Waals surface area contributed by atoms with Gasteiger partial charge in [-0.3, -0.25) is 0 Å². The largest absolute Gasteiger partial charge is 0.462 e. The lowest BCUT2D eigenvalue weighted by Crippen LogP contribution is -2.03. The summed E-state index contributed by atoms with van der Waals surface area (Å²) in [6.45, 7) is 2.78. The molecule has 5 rings (SSSR count). The molecule has 0 aliphatic carbocycles. The van der Waals surface area contributed by atoms with Crippen molar-refractivity contribution in [3.8, 4) is 22.9 Å². The van der Waals surface area contributed by atoms with Gasteiger partial charge in [0, 0.05) is 17.1 Å². The molecule has 164 valence electrons. The number of furan rings is 1. The number of halogens is 1. The quantitative estimate of drug-likeness (QED) is 0.262. The second-order valence-corrected chi connectivity index (χ2v) is 8.04. The number of carbonyl (C=O) groups excluding carboxylic acids is 1. The second kappa shape index (κ2) is 8.96. The number of fused-ring (bicyclic) bond motifs is 1. The molecule has 5 aromatic rings. The van der Waals surface area contributed by atoms with Crippen LogP contribution < -0.4 is 0 Å². The molecule has 0 fully saturated rings. The number of nitrogens with zero attached hydrogens (tertiary/aromatic N) is 2. The van der Waals surface area contributed by atoms with Crippen LogP contribution in [-0.2, 0) is 11.3 Å². The standard InChI is InChI=1S/C27H21ClN2O3/c1-2-32-27(31)20-10-8-19(9-11-20)24-14-15-25(33-24)26-29-22-16-21(28)12-13-23(22)30(26)17-18-6-4-3-5-7-18/h3-16H,2,17H2,1H3. The molecular formula is C27H21ClN2O3. The molecule has 2 heterocycles. The SMILES string of the molecule is CCOC(=O)c1ccc(-c2ccc(-c3nc4cc(Cl)ccc4n3Cc3ccccc3)o2)cc1. The number of ether oxygens (including phenoxy) is 1. The van der Waals surface area contributed by atoms with E-state index in [0.29, 0.717) is 35.3 Å². The van der Waals surface area contributed by atoms with Crippen molar-refractivity contribution in [3.05, 3.63) is 101 Å². The van der Waals surface area contributed by atoms with Crippen LogP contribution in [0.5, 0.6) is 0 Å². The molecule has 0 atom stereocenters. The first kappa shape index (κ1) is 21.0. The van der Waals surface area contributed by atoms with Gasteiger partial charge >= 0.3 is 5.97 Å². The Kier molecular flexibility index (Phi) is 5.71. The molecule has 3 aromatic carbocycles. The highest BCUT2D eigenvalue weighted by molar-refractivity contribution is 6.31. The molecule has 0 unspecified atom stereocenters. The molecule has 0 saturated carbocycles. The van der Waals surface area contributed by atoms with E-state index in [-0.39, 0.29) is 5.97 Å². The molecule has 33 heavy (non-hydrogen) atoms. The lowest BCUT2D eigenvalue weighted by atomic mass is 10.1. The third kappa shape index (κ3) is 4.28. The van der Waals surface area contributed by atoms with Gasteiger partial charge in [-0.2, -0.15) is 0 Å². The maximum atomic E-state index is 11.9. The number of esters is 1. The highest BCUT2D eigenvalue weighted by atomic mass is 35.5. The molecule has 0 N–H and O–H groups in total. The van der Waals surface area contributed by atoms with E-state index in [2.05, 4.69) is 16.7 Å². The molecule has 0 amide bonds. The fourth-order valence-electron chi connectivity index (χ4n) is 3.82. The van der Waals surface area contributed by atoms with E-state index in [0.717, 1.165) is 28.0 Å². The van der Waals surface area contributed by atoms with Crippen LogP contribution >= 0.6 is 11.6 Å². The summed E-state index contributed by atoms with van der Waals surface area (Å²) < 4.78 is 13.4. The number of hydrogen-bond donors (Lipinski definition) is 0. The number of hydrogen-bond acceptors (Lipinski definition) is 4. The van der Waals surface area contributed by atoms with Gasteiger partial charge in [-0.25, -0.2) is 9.78 Å². The number of carbonyl (C=O) groups is 1. The van der Waals surface area contributed by atoms with E-state index in [9.17, 15) is 4.79 Å². The van der Waals surface area contributed by atoms with Gasteiger partial charge in [0.25, 0.3) is 0 Å². The van der Waals surface area contributed by atoms with Crippen molar-refractivity contribution >= 4 is 28.6 Å². The zero-order chi connectivity index (χ0) is 22.8. The summed E-state index contributed by atoms with van der Waals surface area (Å²) >= 11 is 6.22. The van der Waals surface area contributed by atoms with Crippen LogP contribution in [-0.4, -0.2) is 22.1 Å².